The van der Waals surface area contributed by atoms with Gasteiger partial charge in [-0.15, -0.1) is 12.4 Å². The topological polar surface area (TPSA) is 41.1 Å². The molecule has 0 heterocycles. The Hall–Kier alpha value is -0.280. The number of carbonyl (C=O) groups is 1. The van der Waals surface area contributed by atoms with Crippen molar-refractivity contribution in [1.29, 1.82) is 0 Å². The summed E-state index contributed by atoms with van der Waals surface area (Å²) in [4.78, 5) is 11.4. The molecule has 0 rings (SSSR count). The van der Waals surface area contributed by atoms with E-state index in [0.717, 1.165) is 38.9 Å². The molecule has 0 spiro atoms. The second-order valence-corrected chi connectivity index (χ2v) is 4.20. The van der Waals surface area contributed by atoms with E-state index in [1.807, 2.05) is 0 Å². The minimum atomic E-state index is 0. The number of hydrogen-bond acceptors (Lipinski definition) is 2. The Bertz CT molecular complexity index is 165. The van der Waals surface area contributed by atoms with E-state index in [0.29, 0.717) is 12.3 Å². The predicted molar refractivity (Wildman–Crippen MR) is 72.1 cm³/mol. The molecule has 1 amide bonds. The van der Waals surface area contributed by atoms with Crippen molar-refractivity contribution in [2.45, 2.75) is 46.5 Å². The minimum absolute atomic E-state index is 0. The Morgan fingerprint density at radius 1 is 1.12 bits per heavy atom. The minimum Gasteiger partial charge on any atom is -0.355 e. The lowest BCUT2D eigenvalue weighted by Gasteiger charge is -2.10. The van der Waals surface area contributed by atoms with Gasteiger partial charge in [-0.3, -0.25) is 4.79 Å². The van der Waals surface area contributed by atoms with Crippen LogP contribution in [0.2, 0.25) is 0 Å². The van der Waals surface area contributed by atoms with Crippen molar-refractivity contribution in [1.82, 2.24) is 10.6 Å². The van der Waals surface area contributed by atoms with Crippen LogP contribution in [0.3, 0.4) is 0 Å². The molecule has 0 bridgehead atoms. The van der Waals surface area contributed by atoms with Crippen molar-refractivity contribution in [2.24, 2.45) is 5.92 Å². The van der Waals surface area contributed by atoms with Gasteiger partial charge in [0, 0.05) is 19.5 Å². The van der Waals surface area contributed by atoms with Crippen molar-refractivity contribution >= 4 is 18.3 Å². The number of rotatable bonds is 9. The SMILES string of the molecule is CCCNCCNC(=O)CC(C)CCC.Cl. The second kappa shape index (κ2) is 12.8. The second-order valence-electron chi connectivity index (χ2n) is 4.20. The summed E-state index contributed by atoms with van der Waals surface area (Å²) in [6.07, 6.45) is 4.11. The average Bonchev–Trinajstić information content (AvgIpc) is 2.17. The van der Waals surface area contributed by atoms with Crippen LogP contribution in [0.4, 0.5) is 0 Å². The molecule has 0 aliphatic rings. The Balaban J connectivity index is 0. The summed E-state index contributed by atoms with van der Waals surface area (Å²) in [5.74, 6) is 0.702. The number of halogens is 1. The number of nitrogens with one attached hydrogen (secondary N) is 2. The van der Waals surface area contributed by atoms with Crippen molar-refractivity contribution in [2.75, 3.05) is 19.6 Å². The van der Waals surface area contributed by atoms with Crippen LogP contribution < -0.4 is 10.6 Å². The van der Waals surface area contributed by atoms with Gasteiger partial charge in [0.1, 0.15) is 0 Å². The van der Waals surface area contributed by atoms with Crippen LogP contribution in [0.15, 0.2) is 0 Å². The molecule has 0 fully saturated rings. The van der Waals surface area contributed by atoms with Crippen LogP contribution in [-0.2, 0) is 4.79 Å². The van der Waals surface area contributed by atoms with Gasteiger partial charge in [0.2, 0.25) is 5.91 Å². The fourth-order valence-corrected chi connectivity index (χ4v) is 1.58. The highest BCUT2D eigenvalue weighted by atomic mass is 35.5. The number of amides is 1. The van der Waals surface area contributed by atoms with Crippen LogP contribution in [0.25, 0.3) is 0 Å². The molecule has 0 saturated heterocycles. The molecule has 16 heavy (non-hydrogen) atoms. The highest BCUT2D eigenvalue weighted by Gasteiger charge is 2.06. The number of carbonyl (C=O) groups excluding carboxylic acids is 1. The maximum atomic E-state index is 11.4. The first-order valence-electron chi connectivity index (χ1n) is 6.18. The molecular weight excluding hydrogens is 224 g/mol. The van der Waals surface area contributed by atoms with Crippen LogP contribution in [0.5, 0.6) is 0 Å². The van der Waals surface area contributed by atoms with Gasteiger partial charge in [-0.1, -0.05) is 33.6 Å². The third kappa shape index (κ3) is 11.8. The normalized spacial score (nSPS) is 11.7. The zero-order valence-electron chi connectivity index (χ0n) is 10.8. The summed E-state index contributed by atoms with van der Waals surface area (Å²) in [6.45, 7) is 9.08. The third-order valence-electron chi connectivity index (χ3n) is 2.37. The van der Waals surface area contributed by atoms with Gasteiger partial charge in [0.25, 0.3) is 0 Å². The van der Waals surface area contributed by atoms with Crippen molar-refractivity contribution in [3.63, 3.8) is 0 Å². The molecule has 0 aliphatic carbocycles. The number of hydrogen-bond donors (Lipinski definition) is 2. The summed E-state index contributed by atoms with van der Waals surface area (Å²) < 4.78 is 0. The Labute approximate surface area is 106 Å². The van der Waals surface area contributed by atoms with Gasteiger partial charge in [-0.25, -0.2) is 0 Å². The molecule has 0 aromatic carbocycles. The molecule has 0 radical (unpaired) electrons. The molecule has 1 unspecified atom stereocenters. The van der Waals surface area contributed by atoms with Crippen LogP contribution in [0, 0.1) is 5.92 Å². The van der Waals surface area contributed by atoms with Gasteiger partial charge < -0.3 is 10.6 Å². The van der Waals surface area contributed by atoms with E-state index < -0.39 is 0 Å². The van der Waals surface area contributed by atoms with E-state index in [2.05, 4.69) is 31.4 Å². The maximum Gasteiger partial charge on any atom is 0.220 e. The predicted octanol–water partition coefficient (Wildman–Crippen LogP) is 2.35. The van der Waals surface area contributed by atoms with E-state index in [4.69, 9.17) is 0 Å². The lowest BCUT2D eigenvalue weighted by atomic mass is 10.0. The van der Waals surface area contributed by atoms with Gasteiger partial charge >= 0.3 is 0 Å². The highest BCUT2D eigenvalue weighted by Crippen LogP contribution is 2.08. The van der Waals surface area contributed by atoms with Crippen molar-refractivity contribution in [3.8, 4) is 0 Å². The van der Waals surface area contributed by atoms with Gasteiger partial charge in [0.15, 0.2) is 0 Å². The molecule has 0 aromatic rings. The molecule has 0 aliphatic heterocycles. The summed E-state index contributed by atoms with van der Waals surface area (Å²) in [5, 5.41) is 6.18. The summed E-state index contributed by atoms with van der Waals surface area (Å²) >= 11 is 0. The Kier molecular flexibility index (Phi) is 14.5. The smallest absolute Gasteiger partial charge is 0.220 e. The van der Waals surface area contributed by atoms with Crippen molar-refractivity contribution in [3.05, 3.63) is 0 Å². The molecule has 3 nitrogen and oxygen atoms in total. The van der Waals surface area contributed by atoms with Crippen LogP contribution >= 0.6 is 12.4 Å². The van der Waals surface area contributed by atoms with Gasteiger partial charge in [-0.05, 0) is 18.9 Å². The first kappa shape index (κ1) is 18.1. The molecule has 2 N–H and O–H groups in total. The maximum absolute atomic E-state index is 11.4. The zero-order chi connectivity index (χ0) is 11.5. The molecule has 0 aromatic heterocycles. The molecule has 4 heteroatoms. The largest absolute Gasteiger partial charge is 0.355 e. The van der Waals surface area contributed by atoms with Gasteiger partial charge in [0.05, 0.1) is 0 Å². The molecule has 0 saturated carbocycles. The zero-order valence-corrected chi connectivity index (χ0v) is 11.7. The monoisotopic (exact) mass is 250 g/mol. The first-order chi connectivity index (χ1) is 7.20. The highest BCUT2D eigenvalue weighted by molar-refractivity contribution is 5.85. The third-order valence-corrected chi connectivity index (χ3v) is 2.37. The Morgan fingerprint density at radius 3 is 2.38 bits per heavy atom. The van der Waals surface area contributed by atoms with E-state index in [1.165, 1.54) is 0 Å². The molecular formula is C12H27ClN2O. The van der Waals surface area contributed by atoms with E-state index in [1.54, 1.807) is 0 Å². The molecule has 1 atom stereocenters. The standard InChI is InChI=1S/C12H26N2O.ClH/c1-4-6-11(3)10-12(15)14-9-8-13-7-5-2;/h11,13H,4-10H2,1-3H3,(H,14,15);1H. The quantitative estimate of drug-likeness (QED) is 0.617. The lowest BCUT2D eigenvalue weighted by Crippen LogP contribution is -2.32. The lowest BCUT2D eigenvalue weighted by molar-refractivity contribution is -0.121. The van der Waals surface area contributed by atoms with E-state index >= 15 is 0 Å². The average molecular weight is 251 g/mol. The Morgan fingerprint density at radius 2 is 1.81 bits per heavy atom. The van der Waals surface area contributed by atoms with E-state index in [-0.39, 0.29) is 18.3 Å². The van der Waals surface area contributed by atoms with Crippen LogP contribution in [0.1, 0.15) is 46.5 Å². The van der Waals surface area contributed by atoms with Gasteiger partial charge in [-0.2, -0.15) is 0 Å². The summed E-state index contributed by atoms with van der Waals surface area (Å²) in [6, 6.07) is 0. The summed E-state index contributed by atoms with van der Waals surface area (Å²) in [5.41, 5.74) is 0. The fraction of sp³-hybridized carbons (Fsp3) is 0.917. The first-order valence-corrected chi connectivity index (χ1v) is 6.18. The summed E-state index contributed by atoms with van der Waals surface area (Å²) in [7, 11) is 0. The fourth-order valence-electron chi connectivity index (χ4n) is 1.58. The van der Waals surface area contributed by atoms with Crippen molar-refractivity contribution < 1.29 is 4.79 Å². The van der Waals surface area contributed by atoms with E-state index in [9.17, 15) is 4.79 Å². The molecule has 98 valence electrons. The van der Waals surface area contributed by atoms with Crippen LogP contribution in [-0.4, -0.2) is 25.5 Å².